The lowest BCUT2D eigenvalue weighted by Gasteiger charge is -2.20. The third-order valence-corrected chi connectivity index (χ3v) is 4.08. The Bertz CT molecular complexity index is 872. The summed E-state index contributed by atoms with van der Waals surface area (Å²) in [5.41, 5.74) is 3.54. The van der Waals surface area contributed by atoms with E-state index in [2.05, 4.69) is 4.98 Å². The molecule has 0 N–H and O–H groups in total. The van der Waals surface area contributed by atoms with Crippen LogP contribution in [-0.4, -0.2) is 34.5 Å². The summed E-state index contributed by atoms with van der Waals surface area (Å²) in [7, 11) is 3.42. The molecule has 0 aliphatic carbocycles. The van der Waals surface area contributed by atoms with Gasteiger partial charge in [0.2, 0.25) is 0 Å². The molecule has 0 fully saturated rings. The van der Waals surface area contributed by atoms with Crippen molar-refractivity contribution in [2.24, 2.45) is 0 Å². The summed E-state index contributed by atoms with van der Waals surface area (Å²) in [5.74, 6) is 0.687. The lowest BCUT2D eigenvalue weighted by atomic mass is 10.1. The smallest absolute Gasteiger partial charge is 0.272 e. The van der Waals surface area contributed by atoms with Crippen LogP contribution in [0.5, 0.6) is 5.75 Å². The van der Waals surface area contributed by atoms with Crippen molar-refractivity contribution in [2.75, 3.05) is 14.2 Å². The first-order chi connectivity index (χ1) is 12.1. The third kappa shape index (κ3) is 3.55. The van der Waals surface area contributed by atoms with Crippen molar-refractivity contribution in [3.63, 3.8) is 0 Å². The zero-order chi connectivity index (χ0) is 17.8. The maximum Gasteiger partial charge on any atom is 0.272 e. The number of hydrogen-bond acceptors (Lipinski definition) is 3. The van der Waals surface area contributed by atoms with Gasteiger partial charge in [-0.25, -0.2) is 4.98 Å². The number of nitrogens with zero attached hydrogens (tertiary/aromatic N) is 3. The Hall–Kier alpha value is -3.08. The van der Waals surface area contributed by atoms with Gasteiger partial charge in [0.25, 0.3) is 5.91 Å². The van der Waals surface area contributed by atoms with Gasteiger partial charge in [-0.05, 0) is 25.1 Å². The van der Waals surface area contributed by atoms with Crippen molar-refractivity contribution >= 4 is 5.91 Å². The third-order valence-electron chi connectivity index (χ3n) is 4.08. The lowest BCUT2D eigenvalue weighted by molar-refractivity contribution is 0.0776. The molecule has 5 nitrogen and oxygen atoms in total. The summed E-state index contributed by atoms with van der Waals surface area (Å²) >= 11 is 0. The molecule has 0 spiro atoms. The number of benzene rings is 2. The fourth-order valence-corrected chi connectivity index (χ4v) is 2.80. The predicted octanol–water partition coefficient (Wildman–Crippen LogP) is 3.46. The molecule has 0 saturated carbocycles. The number of carbonyl (C=O) groups excluding carboxylic acids is 1. The van der Waals surface area contributed by atoms with E-state index in [1.807, 2.05) is 55.5 Å². The van der Waals surface area contributed by atoms with Gasteiger partial charge in [0.1, 0.15) is 11.4 Å². The molecule has 3 rings (SSSR count). The lowest BCUT2D eigenvalue weighted by Crippen LogP contribution is -2.28. The second-order valence-corrected chi connectivity index (χ2v) is 5.96. The highest BCUT2D eigenvalue weighted by Crippen LogP contribution is 2.22. The number of para-hydroxylation sites is 1. The molecule has 2 aromatic carbocycles. The van der Waals surface area contributed by atoms with Crippen LogP contribution < -0.4 is 4.74 Å². The van der Waals surface area contributed by atoms with E-state index in [1.54, 1.807) is 36.1 Å². The van der Waals surface area contributed by atoms with E-state index in [-0.39, 0.29) is 5.91 Å². The van der Waals surface area contributed by atoms with E-state index in [0.29, 0.717) is 12.2 Å². The minimum absolute atomic E-state index is 0.0927. The summed E-state index contributed by atoms with van der Waals surface area (Å²) in [4.78, 5) is 18.7. The Labute approximate surface area is 147 Å². The van der Waals surface area contributed by atoms with Gasteiger partial charge in [0, 0.05) is 24.8 Å². The number of carbonyl (C=O) groups is 1. The van der Waals surface area contributed by atoms with E-state index in [9.17, 15) is 4.79 Å². The van der Waals surface area contributed by atoms with Crippen LogP contribution in [0.2, 0.25) is 0 Å². The zero-order valence-corrected chi connectivity index (χ0v) is 14.6. The van der Waals surface area contributed by atoms with Gasteiger partial charge in [-0.2, -0.15) is 0 Å². The molecule has 0 radical (unpaired) electrons. The van der Waals surface area contributed by atoms with E-state index >= 15 is 0 Å². The van der Waals surface area contributed by atoms with Crippen LogP contribution in [0.4, 0.5) is 0 Å². The molecule has 1 heterocycles. The molecule has 1 aromatic heterocycles. The number of rotatable bonds is 5. The molecule has 25 heavy (non-hydrogen) atoms. The van der Waals surface area contributed by atoms with Gasteiger partial charge in [-0.1, -0.05) is 35.9 Å². The molecule has 0 saturated heterocycles. The van der Waals surface area contributed by atoms with Crippen LogP contribution in [0.3, 0.4) is 0 Å². The van der Waals surface area contributed by atoms with E-state index < -0.39 is 0 Å². The Morgan fingerprint density at radius 1 is 1.20 bits per heavy atom. The van der Waals surface area contributed by atoms with Crippen molar-refractivity contribution < 1.29 is 9.53 Å². The zero-order valence-electron chi connectivity index (χ0n) is 14.6. The van der Waals surface area contributed by atoms with Crippen molar-refractivity contribution in [3.05, 3.63) is 77.9 Å². The van der Waals surface area contributed by atoms with E-state index in [4.69, 9.17) is 4.74 Å². The highest BCUT2D eigenvalue weighted by Gasteiger charge is 2.18. The molecular weight excluding hydrogens is 314 g/mol. The molecular formula is C20H21N3O2. The molecule has 0 atom stereocenters. The average Bonchev–Trinajstić information content (AvgIpc) is 3.11. The summed E-state index contributed by atoms with van der Waals surface area (Å²) in [5, 5.41) is 0. The first kappa shape index (κ1) is 16.8. The highest BCUT2D eigenvalue weighted by molar-refractivity contribution is 5.92. The second kappa shape index (κ2) is 7.21. The molecule has 5 heteroatoms. The Morgan fingerprint density at radius 2 is 1.96 bits per heavy atom. The SMILES string of the molecule is COc1ccc(C)cc1CN(C)C(=O)c1cncn1-c1ccccc1. The van der Waals surface area contributed by atoms with Crippen LogP contribution in [-0.2, 0) is 6.54 Å². The largest absolute Gasteiger partial charge is 0.496 e. The average molecular weight is 335 g/mol. The molecule has 1 amide bonds. The fourth-order valence-electron chi connectivity index (χ4n) is 2.80. The first-order valence-corrected chi connectivity index (χ1v) is 8.07. The monoisotopic (exact) mass is 335 g/mol. The standard InChI is InChI=1S/C20H21N3O2/c1-15-9-10-19(25-3)16(11-15)13-22(2)20(24)18-12-21-14-23(18)17-7-5-4-6-8-17/h4-12,14H,13H2,1-3H3. The molecule has 0 aliphatic rings. The minimum Gasteiger partial charge on any atom is -0.496 e. The fraction of sp³-hybridized carbons (Fsp3) is 0.200. The van der Waals surface area contributed by atoms with Crippen molar-refractivity contribution in [3.8, 4) is 11.4 Å². The highest BCUT2D eigenvalue weighted by atomic mass is 16.5. The molecule has 3 aromatic rings. The number of aryl methyl sites for hydroxylation is 1. The van der Waals surface area contributed by atoms with Gasteiger partial charge in [0.05, 0.1) is 19.6 Å². The van der Waals surface area contributed by atoms with Crippen molar-refractivity contribution in [1.82, 2.24) is 14.5 Å². The van der Waals surface area contributed by atoms with Gasteiger partial charge in [-0.3, -0.25) is 9.36 Å². The van der Waals surface area contributed by atoms with Gasteiger partial charge >= 0.3 is 0 Å². The topological polar surface area (TPSA) is 47.4 Å². The maximum atomic E-state index is 12.9. The van der Waals surface area contributed by atoms with Crippen LogP contribution in [0.25, 0.3) is 5.69 Å². The van der Waals surface area contributed by atoms with Crippen LogP contribution in [0.1, 0.15) is 21.6 Å². The van der Waals surface area contributed by atoms with Gasteiger partial charge in [0.15, 0.2) is 0 Å². The summed E-state index contributed by atoms with van der Waals surface area (Å²) in [6.45, 7) is 2.49. The number of imidazole rings is 1. The quantitative estimate of drug-likeness (QED) is 0.717. The molecule has 0 aliphatic heterocycles. The van der Waals surface area contributed by atoms with Crippen LogP contribution in [0.15, 0.2) is 61.1 Å². The molecule has 0 bridgehead atoms. The van der Waals surface area contributed by atoms with E-state index in [1.165, 1.54) is 0 Å². The Balaban J connectivity index is 1.85. The Morgan fingerprint density at radius 3 is 2.68 bits per heavy atom. The summed E-state index contributed by atoms with van der Waals surface area (Å²) in [6.07, 6.45) is 3.25. The number of methoxy groups -OCH3 is 1. The number of aromatic nitrogens is 2. The second-order valence-electron chi connectivity index (χ2n) is 5.96. The minimum atomic E-state index is -0.0927. The van der Waals surface area contributed by atoms with Gasteiger partial charge < -0.3 is 9.64 Å². The van der Waals surface area contributed by atoms with Gasteiger partial charge in [-0.15, -0.1) is 0 Å². The number of amides is 1. The summed E-state index contributed by atoms with van der Waals surface area (Å²) < 4.78 is 7.21. The van der Waals surface area contributed by atoms with Crippen LogP contribution >= 0.6 is 0 Å². The molecule has 128 valence electrons. The number of hydrogen-bond donors (Lipinski definition) is 0. The number of ether oxygens (including phenoxy) is 1. The predicted molar refractivity (Wildman–Crippen MR) is 97.1 cm³/mol. The van der Waals surface area contributed by atoms with Crippen molar-refractivity contribution in [2.45, 2.75) is 13.5 Å². The maximum absolute atomic E-state index is 12.9. The van der Waals surface area contributed by atoms with Crippen LogP contribution in [0, 0.1) is 6.92 Å². The molecule has 0 unspecified atom stereocenters. The summed E-state index contributed by atoms with van der Waals surface area (Å²) in [6, 6.07) is 15.7. The Kier molecular flexibility index (Phi) is 4.84. The first-order valence-electron chi connectivity index (χ1n) is 8.07. The van der Waals surface area contributed by atoms with Crippen molar-refractivity contribution in [1.29, 1.82) is 0 Å². The van der Waals surface area contributed by atoms with E-state index in [0.717, 1.165) is 22.6 Å². The normalized spacial score (nSPS) is 10.5.